The van der Waals surface area contributed by atoms with E-state index in [1.165, 1.54) is 0 Å². The van der Waals surface area contributed by atoms with Gasteiger partial charge in [0.2, 0.25) is 10.0 Å². The van der Waals surface area contributed by atoms with Crippen molar-refractivity contribution in [1.82, 2.24) is 9.62 Å². The zero-order valence-corrected chi connectivity index (χ0v) is 12.1. The van der Waals surface area contributed by atoms with E-state index in [9.17, 15) is 13.2 Å². The van der Waals surface area contributed by atoms with Crippen LogP contribution in [0, 0.1) is 0 Å². The maximum absolute atomic E-state index is 12.3. The normalized spacial score (nSPS) is 20.1. The van der Waals surface area contributed by atoms with E-state index in [0.29, 0.717) is 18.8 Å². The molecule has 0 bridgehead atoms. The Morgan fingerprint density at radius 3 is 2.90 bits per heavy atom. The molecule has 1 atom stereocenters. The minimum atomic E-state index is -3.27. The molecule has 2 rings (SSSR count). The molecule has 20 heavy (non-hydrogen) atoms. The van der Waals surface area contributed by atoms with Crippen LogP contribution in [0.3, 0.4) is 0 Å². The molecule has 0 spiro atoms. The highest BCUT2D eigenvalue weighted by atomic mass is 32.2. The Morgan fingerprint density at radius 1 is 1.55 bits per heavy atom. The molecule has 0 saturated carbocycles. The monoisotopic (exact) mass is 301 g/mol. The van der Waals surface area contributed by atoms with Gasteiger partial charge >= 0.3 is 0 Å². The van der Waals surface area contributed by atoms with Crippen LogP contribution in [-0.2, 0) is 16.6 Å². The van der Waals surface area contributed by atoms with E-state index in [1.54, 1.807) is 17.0 Å². The average Bonchev–Trinajstić information content (AvgIpc) is 2.85. The second-order valence-corrected chi connectivity index (χ2v) is 6.73. The number of nitrogens with two attached hydrogens (primary N) is 1. The van der Waals surface area contributed by atoms with Gasteiger partial charge in [0.1, 0.15) is 5.76 Å². The first-order chi connectivity index (χ1) is 9.39. The van der Waals surface area contributed by atoms with Crippen molar-refractivity contribution in [3.8, 4) is 0 Å². The average molecular weight is 301 g/mol. The van der Waals surface area contributed by atoms with E-state index < -0.39 is 10.0 Å². The van der Waals surface area contributed by atoms with Gasteiger partial charge in [0, 0.05) is 19.1 Å². The predicted octanol–water partition coefficient (Wildman–Crippen LogP) is -0.108. The van der Waals surface area contributed by atoms with Crippen LogP contribution in [0.5, 0.6) is 0 Å². The molecule has 7 nitrogen and oxygen atoms in total. The fraction of sp³-hybridized carbons (Fsp3) is 0.583. The van der Waals surface area contributed by atoms with Crippen molar-refractivity contribution in [3.63, 3.8) is 0 Å². The number of amides is 1. The minimum Gasteiger partial charge on any atom is -0.455 e. The number of hydrogen-bond donors (Lipinski definition) is 2. The Bertz CT molecular complexity index is 581. The highest BCUT2D eigenvalue weighted by molar-refractivity contribution is 7.88. The number of sulfonamides is 1. The van der Waals surface area contributed by atoms with Gasteiger partial charge in [0.15, 0.2) is 5.76 Å². The Morgan fingerprint density at radius 2 is 2.30 bits per heavy atom. The summed E-state index contributed by atoms with van der Waals surface area (Å²) in [6.45, 7) is 1.19. The van der Waals surface area contributed by atoms with E-state index in [2.05, 4.69) is 4.72 Å². The van der Waals surface area contributed by atoms with Crippen LogP contribution in [0.4, 0.5) is 0 Å². The lowest BCUT2D eigenvalue weighted by molar-refractivity contribution is 0.0669. The first-order valence-corrected chi connectivity index (χ1v) is 8.33. The summed E-state index contributed by atoms with van der Waals surface area (Å²) in [5.74, 6) is 0.561. The predicted molar refractivity (Wildman–Crippen MR) is 73.5 cm³/mol. The number of carbonyl (C=O) groups excluding carboxylic acids is 1. The number of nitrogens with zero attached hydrogens (tertiary/aromatic N) is 1. The van der Waals surface area contributed by atoms with Crippen molar-refractivity contribution in [1.29, 1.82) is 0 Å². The van der Waals surface area contributed by atoms with Crippen molar-refractivity contribution in [2.75, 3.05) is 19.3 Å². The van der Waals surface area contributed by atoms with Gasteiger partial charge in [-0.25, -0.2) is 13.1 Å². The third-order valence-electron chi connectivity index (χ3n) is 3.16. The first kappa shape index (κ1) is 15.0. The van der Waals surface area contributed by atoms with Crippen LogP contribution < -0.4 is 10.5 Å². The number of furan rings is 1. The first-order valence-electron chi connectivity index (χ1n) is 6.44. The van der Waals surface area contributed by atoms with Gasteiger partial charge in [0.25, 0.3) is 5.91 Å². The molecular weight excluding hydrogens is 282 g/mol. The highest BCUT2D eigenvalue weighted by Crippen LogP contribution is 2.16. The second kappa shape index (κ2) is 5.94. The van der Waals surface area contributed by atoms with E-state index >= 15 is 0 Å². The molecule has 2 heterocycles. The fourth-order valence-electron chi connectivity index (χ4n) is 2.32. The summed E-state index contributed by atoms with van der Waals surface area (Å²) in [6, 6.07) is 3.02. The Labute approximate surface area is 118 Å². The number of carbonyl (C=O) groups is 1. The summed E-state index contributed by atoms with van der Waals surface area (Å²) >= 11 is 0. The summed E-state index contributed by atoms with van der Waals surface area (Å²) in [7, 11) is -3.27. The van der Waals surface area contributed by atoms with Crippen molar-refractivity contribution >= 4 is 15.9 Å². The molecule has 0 aliphatic carbocycles. The lowest BCUT2D eigenvalue weighted by Crippen LogP contribution is -2.49. The number of piperidine rings is 1. The summed E-state index contributed by atoms with van der Waals surface area (Å²) in [5, 5.41) is 0. The van der Waals surface area contributed by atoms with Crippen LogP contribution in [0.1, 0.15) is 29.2 Å². The molecule has 1 saturated heterocycles. The van der Waals surface area contributed by atoms with E-state index in [1.807, 2.05) is 0 Å². The third-order valence-corrected chi connectivity index (χ3v) is 3.92. The quantitative estimate of drug-likeness (QED) is 0.807. The van der Waals surface area contributed by atoms with Gasteiger partial charge in [-0.15, -0.1) is 0 Å². The summed E-state index contributed by atoms with van der Waals surface area (Å²) in [5.41, 5.74) is 5.44. The Balaban J connectivity index is 2.03. The van der Waals surface area contributed by atoms with Gasteiger partial charge < -0.3 is 15.1 Å². The maximum Gasteiger partial charge on any atom is 0.289 e. The van der Waals surface area contributed by atoms with E-state index in [4.69, 9.17) is 10.2 Å². The molecule has 1 aromatic heterocycles. The largest absolute Gasteiger partial charge is 0.455 e. The van der Waals surface area contributed by atoms with Crippen LogP contribution in [-0.4, -0.2) is 44.6 Å². The standard InChI is InChI=1S/C12H19N3O4S/c1-20(17,18)14-9-3-2-6-15(8-9)12(16)11-5-4-10(7-13)19-11/h4-5,9,14H,2-3,6-8,13H2,1H3. The molecule has 1 aliphatic rings. The molecule has 0 aromatic carbocycles. The molecule has 1 unspecified atom stereocenters. The van der Waals surface area contributed by atoms with Gasteiger partial charge in [-0.1, -0.05) is 0 Å². The van der Waals surface area contributed by atoms with Crippen molar-refractivity contribution in [2.24, 2.45) is 5.73 Å². The number of hydrogen-bond acceptors (Lipinski definition) is 5. The molecule has 0 radical (unpaired) electrons. The van der Waals surface area contributed by atoms with Gasteiger partial charge in [-0.3, -0.25) is 4.79 Å². The van der Waals surface area contributed by atoms with Gasteiger partial charge in [0.05, 0.1) is 12.8 Å². The van der Waals surface area contributed by atoms with Crippen molar-refractivity contribution in [2.45, 2.75) is 25.4 Å². The lowest BCUT2D eigenvalue weighted by atomic mass is 10.1. The van der Waals surface area contributed by atoms with Crippen LogP contribution in [0.15, 0.2) is 16.5 Å². The molecule has 3 N–H and O–H groups in total. The second-order valence-electron chi connectivity index (χ2n) is 4.95. The minimum absolute atomic E-state index is 0.232. The van der Waals surface area contributed by atoms with Gasteiger partial charge in [-0.05, 0) is 25.0 Å². The fourth-order valence-corrected chi connectivity index (χ4v) is 3.12. The molecule has 8 heteroatoms. The summed E-state index contributed by atoms with van der Waals surface area (Å²) in [6.07, 6.45) is 2.60. The Kier molecular flexibility index (Phi) is 4.46. The van der Waals surface area contributed by atoms with Crippen LogP contribution in [0.25, 0.3) is 0 Å². The van der Waals surface area contributed by atoms with Crippen molar-refractivity contribution in [3.05, 3.63) is 23.7 Å². The lowest BCUT2D eigenvalue weighted by Gasteiger charge is -2.32. The smallest absolute Gasteiger partial charge is 0.289 e. The van der Waals surface area contributed by atoms with E-state index in [-0.39, 0.29) is 24.3 Å². The highest BCUT2D eigenvalue weighted by Gasteiger charge is 2.27. The SMILES string of the molecule is CS(=O)(=O)NC1CCCN(C(=O)c2ccc(CN)o2)C1. The molecule has 1 amide bonds. The summed E-state index contributed by atoms with van der Waals surface area (Å²) < 4.78 is 30.3. The summed E-state index contributed by atoms with van der Waals surface area (Å²) in [4.78, 5) is 13.9. The third kappa shape index (κ3) is 3.81. The van der Waals surface area contributed by atoms with Gasteiger partial charge in [-0.2, -0.15) is 0 Å². The molecular formula is C12H19N3O4S. The number of likely N-dealkylation sites (tertiary alicyclic amines) is 1. The molecule has 112 valence electrons. The zero-order chi connectivity index (χ0) is 14.8. The van der Waals surface area contributed by atoms with Crippen LogP contribution in [0.2, 0.25) is 0 Å². The Hall–Kier alpha value is -1.38. The topological polar surface area (TPSA) is 106 Å². The molecule has 1 aromatic rings. The maximum atomic E-state index is 12.3. The number of nitrogens with one attached hydrogen (secondary N) is 1. The van der Waals surface area contributed by atoms with E-state index in [0.717, 1.165) is 19.1 Å². The van der Waals surface area contributed by atoms with Crippen LogP contribution >= 0.6 is 0 Å². The molecule has 1 fully saturated rings. The van der Waals surface area contributed by atoms with Crippen molar-refractivity contribution < 1.29 is 17.6 Å². The molecule has 1 aliphatic heterocycles. The zero-order valence-electron chi connectivity index (χ0n) is 11.3. The number of rotatable bonds is 4.